The Balaban J connectivity index is 1.30. The third kappa shape index (κ3) is 5.10. The molecule has 9 nitrogen and oxygen atoms in total. The van der Waals surface area contributed by atoms with Crippen molar-refractivity contribution in [2.75, 3.05) is 12.4 Å². The van der Waals surface area contributed by atoms with Crippen LogP contribution in [0.1, 0.15) is 48.2 Å². The molecule has 0 bridgehead atoms. The summed E-state index contributed by atoms with van der Waals surface area (Å²) >= 11 is 5.89. The number of rotatable bonds is 7. The first-order chi connectivity index (χ1) is 18.4. The van der Waals surface area contributed by atoms with Crippen LogP contribution in [0.15, 0.2) is 53.7 Å². The lowest BCUT2D eigenvalue weighted by molar-refractivity contribution is 0.0904. The molecule has 198 valence electrons. The minimum absolute atomic E-state index is 0.122. The van der Waals surface area contributed by atoms with Gasteiger partial charge in [-0.1, -0.05) is 23.7 Å². The molecule has 38 heavy (non-hydrogen) atoms. The molecule has 1 amide bonds. The average molecular weight is 542 g/mol. The number of benzene rings is 1. The summed E-state index contributed by atoms with van der Waals surface area (Å²) in [5.41, 5.74) is 0.568. The van der Waals surface area contributed by atoms with E-state index in [4.69, 9.17) is 11.6 Å². The van der Waals surface area contributed by atoms with E-state index in [0.29, 0.717) is 31.0 Å². The third-order valence-corrected chi connectivity index (χ3v) is 7.12. The Hall–Kier alpha value is -3.86. The Morgan fingerprint density at radius 1 is 1.08 bits per heavy atom. The number of fused-ring (bicyclic) bond motifs is 1. The summed E-state index contributed by atoms with van der Waals surface area (Å²) in [5, 5.41) is 5.89. The highest BCUT2D eigenvalue weighted by Crippen LogP contribution is 2.28. The highest BCUT2D eigenvalue weighted by molar-refractivity contribution is 6.30. The van der Waals surface area contributed by atoms with Crippen molar-refractivity contribution in [3.05, 3.63) is 75.7 Å². The van der Waals surface area contributed by atoms with Crippen LogP contribution in [0.2, 0.25) is 5.02 Å². The van der Waals surface area contributed by atoms with Gasteiger partial charge in [-0.05, 0) is 49.8 Å². The van der Waals surface area contributed by atoms with Crippen molar-refractivity contribution in [1.29, 1.82) is 0 Å². The first kappa shape index (κ1) is 25.8. The van der Waals surface area contributed by atoms with Crippen LogP contribution in [0.3, 0.4) is 0 Å². The molecule has 4 aromatic rings. The summed E-state index contributed by atoms with van der Waals surface area (Å²) in [6.45, 7) is 0.517. The van der Waals surface area contributed by atoms with E-state index < -0.39 is 18.0 Å². The minimum Gasteiger partial charge on any atom is -0.372 e. The number of hydrogen-bond acceptors (Lipinski definition) is 6. The number of carbonyl (C=O) groups is 1. The van der Waals surface area contributed by atoms with Gasteiger partial charge in [0.2, 0.25) is 0 Å². The van der Waals surface area contributed by atoms with E-state index in [2.05, 4.69) is 25.6 Å². The second-order valence-corrected chi connectivity index (χ2v) is 9.74. The zero-order valence-electron chi connectivity index (χ0n) is 20.6. The van der Waals surface area contributed by atoms with Crippen LogP contribution in [0.4, 0.5) is 14.6 Å². The molecule has 0 saturated heterocycles. The van der Waals surface area contributed by atoms with E-state index in [1.165, 1.54) is 6.07 Å². The monoisotopic (exact) mass is 541 g/mol. The topological polar surface area (TPSA) is 107 Å². The molecule has 1 saturated carbocycles. The molecular weight excluding hydrogens is 516 g/mol. The van der Waals surface area contributed by atoms with Crippen molar-refractivity contribution < 1.29 is 13.6 Å². The van der Waals surface area contributed by atoms with E-state index in [1.807, 2.05) is 24.3 Å². The molecule has 3 heterocycles. The second-order valence-electron chi connectivity index (χ2n) is 9.31. The number of halogens is 3. The van der Waals surface area contributed by atoms with Crippen LogP contribution in [0.5, 0.6) is 0 Å². The van der Waals surface area contributed by atoms with Crippen molar-refractivity contribution in [1.82, 2.24) is 29.4 Å². The molecule has 3 aromatic heterocycles. The number of hydrogen-bond donors (Lipinski definition) is 2. The highest BCUT2D eigenvalue weighted by atomic mass is 35.5. The maximum absolute atomic E-state index is 13.5. The van der Waals surface area contributed by atoms with Gasteiger partial charge >= 0.3 is 5.69 Å². The molecule has 1 aliphatic rings. The standard InChI is InChI=1S/C26H26ClF2N7O2/c1-30-21-12-32-22(13-31-21)36-20-5-3-2-4-19(20)35(26(36)38)14-15-6-8-17(9-7-15)34-25(37)18-10-16(27)11-33-23(18)24(28)29/h2-5,10-13,15,17,24H,6-9,14H2,1H3,(H,30,31)(H,34,37)/t15-,17-. The van der Waals surface area contributed by atoms with Crippen LogP contribution >= 0.6 is 11.6 Å². The number of nitrogens with one attached hydrogen (secondary N) is 2. The Bertz CT molecular complexity index is 1510. The van der Waals surface area contributed by atoms with Crippen LogP contribution in [-0.2, 0) is 6.54 Å². The van der Waals surface area contributed by atoms with Gasteiger partial charge < -0.3 is 10.6 Å². The predicted molar refractivity (Wildman–Crippen MR) is 140 cm³/mol. The summed E-state index contributed by atoms with van der Waals surface area (Å²) in [4.78, 5) is 38.5. The van der Waals surface area contributed by atoms with E-state index in [9.17, 15) is 18.4 Å². The summed E-state index contributed by atoms with van der Waals surface area (Å²) in [6, 6.07) is 8.61. The smallest absolute Gasteiger partial charge is 0.334 e. The minimum atomic E-state index is -2.88. The molecular formula is C26H26ClF2N7O2. The zero-order chi connectivity index (χ0) is 26.8. The van der Waals surface area contributed by atoms with Gasteiger partial charge in [-0.2, -0.15) is 0 Å². The average Bonchev–Trinajstić information content (AvgIpc) is 3.20. The largest absolute Gasteiger partial charge is 0.372 e. The first-order valence-electron chi connectivity index (χ1n) is 12.3. The molecule has 0 unspecified atom stereocenters. The van der Waals surface area contributed by atoms with Gasteiger partial charge in [0, 0.05) is 25.8 Å². The van der Waals surface area contributed by atoms with Crippen LogP contribution in [0, 0.1) is 5.92 Å². The van der Waals surface area contributed by atoms with Crippen molar-refractivity contribution in [2.24, 2.45) is 5.92 Å². The van der Waals surface area contributed by atoms with E-state index in [-0.39, 0.29) is 28.2 Å². The Labute approximate surface area is 221 Å². The van der Waals surface area contributed by atoms with Crippen molar-refractivity contribution >= 4 is 34.4 Å². The lowest BCUT2D eigenvalue weighted by atomic mass is 9.85. The fourth-order valence-electron chi connectivity index (χ4n) is 4.99. The molecule has 0 radical (unpaired) electrons. The molecule has 1 aliphatic carbocycles. The van der Waals surface area contributed by atoms with Gasteiger partial charge in [-0.3, -0.25) is 14.3 Å². The molecule has 1 fully saturated rings. The Morgan fingerprint density at radius 3 is 2.47 bits per heavy atom. The lowest BCUT2D eigenvalue weighted by Gasteiger charge is -2.29. The number of alkyl halides is 2. The van der Waals surface area contributed by atoms with E-state index >= 15 is 0 Å². The van der Waals surface area contributed by atoms with E-state index in [1.54, 1.807) is 28.6 Å². The van der Waals surface area contributed by atoms with Gasteiger partial charge in [0.1, 0.15) is 11.5 Å². The summed E-state index contributed by atoms with van der Waals surface area (Å²) < 4.78 is 30.0. The number of aromatic nitrogens is 5. The number of nitrogens with zero attached hydrogens (tertiary/aromatic N) is 5. The number of pyridine rings is 1. The Kier molecular flexibility index (Phi) is 7.37. The fourth-order valence-corrected chi connectivity index (χ4v) is 5.15. The lowest BCUT2D eigenvalue weighted by Crippen LogP contribution is -2.39. The molecule has 1 aromatic carbocycles. The van der Waals surface area contributed by atoms with Crippen LogP contribution in [-0.4, -0.2) is 43.1 Å². The summed E-state index contributed by atoms with van der Waals surface area (Å²) in [5.74, 6) is 0.645. The first-order valence-corrected chi connectivity index (χ1v) is 12.7. The van der Waals surface area contributed by atoms with Crippen molar-refractivity contribution in [3.8, 4) is 5.82 Å². The fraction of sp³-hybridized carbons (Fsp3) is 0.346. The highest BCUT2D eigenvalue weighted by Gasteiger charge is 2.27. The van der Waals surface area contributed by atoms with Crippen molar-refractivity contribution in [3.63, 3.8) is 0 Å². The SMILES string of the molecule is CNc1cnc(-n2c(=O)n(C[C@H]3CC[C@H](NC(=O)c4cc(Cl)cnc4C(F)F)CC3)c3ccccc32)cn1. The van der Waals surface area contributed by atoms with Crippen LogP contribution < -0.4 is 16.3 Å². The normalized spacial score (nSPS) is 17.6. The predicted octanol–water partition coefficient (Wildman–Crippen LogP) is 4.60. The van der Waals surface area contributed by atoms with Gasteiger partial charge in [0.15, 0.2) is 5.82 Å². The molecule has 5 rings (SSSR count). The maximum Gasteiger partial charge on any atom is 0.334 e. The molecule has 0 spiro atoms. The molecule has 12 heteroatoms. The zero-order valence-corrected chi connectivity index (χ0v) is 21.3. The Morgan fingerprint density at radius 2 is 1.82 bits per heavy atom. The van der Waals surface area contributed by atoms with Crippen molar-refractivity contribution in [2.45, 2.75) is 44.7 Å². The number of para-hydroxylation sites is 2. The number of imidazole rings is 1. The molecule has 0 atom stereocenters. The number of anilines is 1. The maximum atomic E-state index is 13.5. The summed E-state index contributed by atoms with van der Waals surface area (Å²) in [7, 11) is 1.75. The summed E-state index contributed by atoms with van der Waals surface area (Å²) in [6.07, 6.45) is 4.23. The second kappa shape index (κ2) is 10.9. The van der Waals surface area contributed by atoms with Gasteiger partial charge in [0.05, 0.1) is 34.0 Å². The van der Waals surface area contributed by atoms with Gasteiger partial charge in [-0.15, -0.1) is 0 Å². The van der Waals surface area contributed by atoms with E-state index in [0.717, 1.165) is 30.1 Å². The third-order valence-electron chi connectivity index (χ3n) is 6.92. The quantitative estimate of drug-likeness (QED) is 0.354. The van der Waals surface area contributed by atoms with Crippen LogP contribution in [0.25, 0.3) is 16.9 Å². The molecule has 2 N–H and O–H groups in total. The van der Waals surface area contributed by atoms with Gasteiger partial charge in [0.25, 0.3) is 12.3 Å². The number of amides is 1. The van der Waals surface area contributed by atoms with Gasteiger partial charge in [-0.25, -0.2) is 28.1 Å². The number of carbonyl (C=O) groups excluding carboxylic acids is 1. The molecule has 0 aliphatic heterocycles.